The number of ether oxygens (including phenoxy) is 1. The van der Waals surface area contributed by atoms with Crippen molar-refractivity contribution in [1.29, 1.82) is 0 Å². The number of tetrazole rings is 1. The van der Waals surface area contributed by atoms with Crippen molar-refractivity contribution in [1.82, 2.24) is 20.2 Å². The number of hydrogen-bond donors (Lipinski definition) is 1. The molecule has 2 aromatic heterocycles. The van der Waals surface area contributed by atoms with Crippen LogP contribution >= 0.6 is 11.3 Å². The zero-order valence-corrected chi connectivity index (χ0v) is 14.1. The second kappa shape index (κ2) is 7.30. The van der Waals surface area contributed by atoms with Gasteiger partial charge in [-0.25, -0.2) is 4.68 Å². The van der Waals surface area contributed by atoms with Crippen LogP contribution in [0, 0.1) is 5.92 Å². The number of likely N-dealkylation sites (tertiary alicyclic amines) is 1. The molecule has 0 spiro atoms. The number of quaternary nitrogens is 1. The smallest absolute Gasteiger partial charge is 0.215 e. The van der Waals surface area contributed by atoms with E-state index in [9.17, 15) is 0 Å². The number of methoxy groups -OCH3 is 1. The van der Waals surface area contributed by atoms with Crippen molar-refractivity contribution < 1.29 is 9.64 Å². The molecule has 1 aliphatic rings. The molecule has 1 N–H and O–H groups in total. The van der Waals surface area contributed by atoms with Gasteiger partial charge in [0.1, 0.15) is 0 Å². The van der Waals surface area contributed by atoms with Gasteiger partial charge in [0.2, 0.25) is 5.82 Å². The molecular formula is C15H24N5OS+. The summed E-state index contributed by atoms with van der Waals surface area (Å²) in [4.78, 5) is 2.92. The lowest BCUT2D eigenvalue weighted by Gasteiger charge is -2.33. The van der Waals surface area contributed by atoms with Crippen LogP contribution < -0.4 is 4.90 Å². The Balaban J connectivity index is 1.90. The third kappa shape index (κ3) is 3.37. The topological polar surface area (TPSA) is 57.3 Å². The summed E-state index contributed by atoms with van der Waals surface area (Å²) in [7, 11) is 1.71. The highest BCUT2D eigenvalue weighted by molar-refractivity contribution is 7.10. The predicted octanol–water partition coefficient (Wildman–Crippen LogP) is 0.785. The van der Waals surface area contributed by atoms with Gasteiger partial charge in [-0.1, -0.05) is 13.0 Å². The van der Waals surface area contributed by atoms with Crippen molar-refractivity contribution in [2.75, 3.05) is 26.8 Å². The SMILES string of the molecule is COCCn1nnnc1[C@H](c1cccs1)[NH+]1CCC[C@H](C)C1. The molecule has 22 heavy (non-hydrogen) atoms. The number of nitrogens with zero attached hydrogens (tertiary/aromatic N) is 4. The third-order valence-electron chi connectivity index (χ3n) is 4.37. The van der Waals surface area contributed by atoms with Crippen molar-refractivity contribution in [2.45, 2.75) is 32.4 Å². The average Bonchev–Trinajstić information content (AvgIpc) is 3.18. The van der Waals surface area contributed by atoms with Crippen LogP contribution in [0.4, 0.5) is 0 Å². The fraction of sp³-hybridized carbons (Fsp3) is 0.667. The highest BCUT2D eigenvalue weighted by Crippen LogP contribution is 2.23. The minimum atomic E-state index is 0.231. The first kappa shape index (κ1) is 15.6. The molecule has 1 unspecified atom stereocenters. The Morgan fingerprint density at radius 3 is 3.18 bits per heavy atom. The number of piperidine rings is 1. The fourth-order valence-electron chi connectivity index (χ4n) is 3.31. The highest BCUT2D eigenvalue weighted by Gasteiger charge is 2.34. The van der Waals surface area contributed by atoms with Crippen LogP contribution in [0.15, 0.2) is 17.5 Å². The van der Waals surface area contributed by atoms with Crippen LogP contribution in [0.3, 0.4) is 0 Å². The maximum absolute atomic E-state index is 5.18. The molecule has 0 aromatic carbocycles. The monoisotopic (exact) mass is 322 g/mol. The highest BCUT2D eigenvalue weighted by atomic mass is 32.1. The summed E-state index contributed by atoms with van der Waals surface area (Å²) >= 11 is 1.80. The lowest BCUT2D eigenvalue weighted by Crippen LogP contribution is -3.14. The van der Waals surface area contributed by atoms with Crippen LogP contribution in [0.2, 0.25) is 0 Å². The fourth-order valence-corrected chi connectivity index (χ4v) is 4.19. The average molecular weight is 322 g/mol. The molecule has 0 bridgehead atoms. The van der Waals surface area contributed by atoms with Gasteiger partial charge in [-0.05, 0) is 34.7 Å². The molecule has 1 fully saturated rings. The maximum atomic E-state index is 5.18. The zero-order chi connectivity index (χ0) is 15.4. The Morgan fingerprint density at radius 2 is 2.45 bits per heavy atom. The minimum absolute atomic E-state index is 0.231. The van der Waals surface area contributed by atoms with E-state index in [1.165, 1.54) is 30.8 Å². The molecule has 2 aromatic rings. The molecule has 6 nitrogen and oxygen atoms in total. The summed E-state index contributed by atoms with van der Waals surface area (Å²) in [6, 6.07) is 4.55. The molecule has 1 saturated heterocycles. The van der Waals surface area contributed by atoms with Crippen LogP contribution in [-0.4, -0.2) is 47.0 Å². The summed E-state index contributed by atoms with van der Waals surface area (Å²) in [6.07, 6.45) is 2.60. The van der Waals surface area contributed by atoms with E-state index in [0.29, 0.717) is 13.2 Å². The normalized spacial score (nSPS) is 23.5. The summed E-state index contributed by atoms with van der Waals surface area (Å²) < 4.78 is 7.09. The van der Waals surface area contributed by atoms with E-state index in [2.05, 4.69) is 40.0 Å². The van der Waals surface area contributed by atoms with Crippen molar-refractivity contribution in [3.05, 3.63) is 28.2 Å². The second-order valence-electron chi connectivity index (χ2n) is 6.06. The van der Waals surface area contributed by atoms with Gasteiger partial charge < -0.3 is 9.64 Å². The Hall–Kier alpha value is -1.31. The molecule has 0 saturated carbocycles. The lowest BCUT2D eigenvalue weighted by atomic mass is 9.98. The molecule has 0 aliphatic carbocycles. The van der Waals surface area contributed by atoms with Crippen molar-refractivity contribution >= 4 is 11.3 Å². The first-order valence-electron chi connectivity index (χ1n) is 7.92. The second-order valence-corrected chi connectivity index (χ2v) is 7.04. The van der Waals surface area contributed by atoms with E-state index in [4.69, 9.17) is 4.74 Å². The molecule has 7 heteroatoms. The number of thiophene rings is 1. The standard InChI is InChI=1S/C15H23N5OS/c1-12-5-3-7-19(11-12)14(13-6-4-10-22-13)15-16-17-18-20(15)8-9-21-2/h4,6,10,12,14H,3,5,7-9,11H2,1-2H3/p+1/t12-,14-/m0/s1. The van der Waals surface area contributed by atoms with Gasteiger partial charge >= 0.3 is 0 Å². The van der Waals surface area contributed by atoms with Crippen molar-refractivity contribution in [2.24, 2.45) is 5.92 Å². The van der Waals surface area contributed by atoms with Gasteiger partial charge in [-0.3, -0.25) is 0 Å². The van der Waals surface area contributed by atoms with Crippen molar-refractivity contribution in [3.8, 4) is 0 Å². The van der Waals surface area contributed by atoms with E-state index in [1.54, 1.807) is 23.3 Å². The van der Waals surface area contributed by atoms with E-state index in [0.717, 1.165) is 11.7 Å². The van der Waals surface area contributed by atoms with Gasteiger partial charge in [0.05, 0.1) is 31.1 Å². The summed E-state index contributed by atoms with van der Waals surface area (Å²) in [5.74, 6) is 1.72. The Kier molecular flexibility index (Phi) is 5.17. The van der Waals surface area contributed by atoms with E-state index < -0.39 is 0 Å². The first-order valence-corrected chi connectivity index (χ1v) is 8.80. The summed E-state index contributed by atoms with van der Waals surface area (Å²) in [5.41, 5.74) is 0. The number of aromatic nitrogens is 4. The first-order chi connectivity index (χ1) is 10.8. The van der Waals surface area contributed by atoms with E-state index in [-0.39, 0.29) is 6.04 Å². The Bertz CT molecular complexity index is 570. The van der Waals surface area contributed by atoms with Crippen LogP contribution in [0.25, 0.3) is 0 Å². The molecule has 0 amide bonds. The number of hydrogen-bond acceptors (Lipinski definition) is 5. The quantitative estimate of drug-likeness (QED) is 0.854. The van der Waals surface area contributed by atoms with Crippen LogP contribution in [0.1, 0.15) is 36.5 Å². The zero-order valence-electron chi connectivity index (χ0n) is 13.2. The molecule has 1 aliphatic heterocycles. The van der Waals surface area contributed by atoms with Crippen LogP contribution in [-0.2, 0) is 11.3 Å². The largest absolute Gasteiger partial charge is 0.383 e. The Morgan fingerprint density at radius 1 is 1.55 bits per heavy atom. The van der Waals surface area contributed by atoms with Crippen molar-refractivity contribution in [3.63, 3.8) is 0 Å². The maximum Gasteiger partial charge on any atom is 0.215 e. The molecule has 120 valence electrons. The number of nitrogens with one attached hydrogen (secondary N) is 1. The Labute approximate surface area is 135 Å². The number of rotatable bonds is 6. The lowest BCUT2D eigenvalue weighted by molar-refractivity contribution is -0.934. The van der Waals surface area contributed by atoms with Gasteiger partial charge in [-0.2, -0.15) is 0 Å². The third-order valence-corrected chi connectivity index (χ3v) is 5.30. The molecule has 0 radical (unpaired) electrons. The van der Waals surface area contributed by atoms with Gasteiger partial charge in [0.25, 0.3) is 0 Å². The molecule has 3 atom stereocenters. The van der Waals surface area contributed by atoms with Crippen LogP contribution in [0.5, 0.6) is 0 Å². The van der Waals surface area contributed by atoms with E-state index >= 15 is 0 Å². The summed E-state index contributed by atoms with van der Waals surface area (Å²) in [5, 5.41) is 14.6. The van der Waals surface area contributed by atoms with Gasteiger partial charge in [-0.15, -0.1) is 16.4 Å². The molecule has 3 heterocycles. The van der Waals surface area contributed by atoms with Gasteiger partial charge in [0.15, 0.2) is 6.04 Å². The van der Waals surface area contributed by atoms with Gasteiger partial charge in [0, 0.05) is 13.0 Å². The molecular weight excluding hydrogens is 298 g/mol. The predicted molar refractivity (Wildman–Crippen MR) is 84.9 cm³/mol. The van der Waals surface area contributed by atoms with E-state index in [1.807, 2.05) is 4.68 Å². The minimum Gasteiger partial charge on any atom is -0.383 e. The molecule has 3 rings (SSSR count). The summed E-state index contributed by atoms with van der Waals surface area (Å²) in [6.45, 7) is 6.03.